The Balaban J connectivity index is 1.39. The number of hydrogen-bond donors (Lipinski definition) is 2. The summed E-state index contributed by atoms with van der Waals surface area (Å²) in [6.45, 7) is 3.03. The van der Waals surface area contributed by atoms with E-state index in [9.17, 15) is 9.59 Å². The van der Waals surface area contributed by atoms with E-state index >= 15 is 0 Å². The van der Waals surface area contributed by atoms with Crippen LogP contribution < -0.4 is 15.5 Å². The van der Waals surface area contributed by atoms with Gasteiger partial charge in [-0.3, -0.25) is 9.59 Å². The van der Waals surface area contributed by atoms with E-state index in [1.54, 1.807) is 0 Å². The summed E-state index contributed by atoms with van der Waals surface area (Å²) in [7, 11) is 0. The Morgan fingerprint density at radius 3 is 3.04 bits per heavy atom. The SMILES string of the molecule is O=C(NCCCC(=O)N1CCc2ccccc21)C1COCCN1. The van der Waals surface area contributed by atoms with Crippen LogP contribution >= 0.6 is 0 Å². The van der Waals surface area contributed by atoms with Crippen molar-refractivity contribution in [1.82, 2.24) is 10.6 Å². The number of carbonyl (C=O) groups excluding carboxylic acids is 2. The number of anilines is 1. The topological polar surface area (TPSA) is 70.7 Å². The third kappa shape index (κ3) is 3.89. The summed E-state index contributed by atoms with van der Waals surface area (Å²) in [6, 6.07) is 7.76. The van der Waals surface area contributed by atoms with Crippen molar-refractivity contribution in [2.75, 3.05) is 37.7 Å². The van der Waals surface area contributed by atoms with Crippen LogP contribution in [0.4, 0.5) is 5.69 Å². The van der Waals surface area contributed by atoms with Crippen LogP contribution in [0.2, 0.25) is 0 Å². The summed E-state index contributed by atoms with van der Waals surface area (Å²) in [6.07, 6.45) is 2.02. The average molecular weight is 317 g/mol. The number of fused-ring (bicyclic) bond motifs is 1. The number of para-hydroxylation sites is 1. The Morgan fingerprint density at radius 2 is 2.22 bits per heavy atom. The van der Waals surface area contributed by atoms with Gasteiger partial charge < -0.3 is 20.3 Å². The van der Waals surface area contributed by atoms with E-state index in [0.29, 0.717) is 39.1 Å². The number of benzene rings is 1. The molecule has 1 atom stereocenters. The largest absolute Gasteiger partial charge is 0.378 e. The highest BCUT2D eigenvalue weighted by Crippen LogP contribution is 2.27. The molecule has 124 valence electrons. The number of nitrogens with one attached hydrogen (secondary N) is 2. The molecule has 6 heteroatoms. The molecule has 1 aromatic rings. The van der Waals surface area contributed by atoms with Gasteiger partial charge in [-0.15, -0.1) is 0 Å². The first-order valence-corrected chi connectivity index (χ1v) is 8.23. The molecule has 1 fully saturated rings. The van der Waals surface area contributed by atoms with Crippen molar-refractivity contribution in [3.05, 3.63) is 29.8 Å². The van der Waals surface area contributed by atoms with Crippen LogP contribution in [-0.4, -0.2) is 50.7 Å². The lowest BCUT2D eigenvalue weighted by Gasteiger charge is -2.23. The smallest absolute Gasteiger partial charge is 0.239 e. The van der Waals surface area contributed by atoms with Crippen LogP contribution in [0.1, 0.15) is 18.4 Å². The number of ether oxygens (including phenoxy) is 1. The lowest BCUT2D eigenvalue weighted by atomic mass is 10.2. The standard InChI is InChI=1S/C17H23N3O3/c21-16(20-10-7-13-4-1-2-5-15(13)20)6-3-8-19-17(22)14-12-23-11-9-18-14/h1-2,4-5,14,18H,3,6-12H2,(H,19,22). The fraction of sp³-hybridized carbons (Fsp3) is 0.529. The molecular weight excluding hydrogens is 294 g/mol. The maximum absolute atomic E-state index is 12.3. The monoisotopic (exact) mass is 317 g/mol. The molecule has 1 unspecified atom stereocenters. The molecule has 1 saturated heterocycles. The molecule has 0 aliphatic carbocycles. The molecule has 6 nitrogen and oxygen atoms in total. The molecule has 1 aromatic carbocycles. The zero-order chi connectivity index (χ0) is 16.1. The Hall–Kier alpha value is -1.92. The van der Waals surface area contributed by atoms with Crippen molar-refractivity contribution in [2.24, 2.45) is 0 Å². The second-order valence-electron chi connectivity index (χ2n) is 5.90. The summed E-state index contributed by atoms with van der Waals surface area (Å²) in [5.74, 6) is 0.0759. The maximum Gasteiger partial charge on any atom is 0.239 e. The molecule has 3 rings (SSSR count). The highest BCUT2D eigenvalue weighted by Gasteiger charge is 2.24. The van der Waals surface area contributed by atoms with Crippen molar-refractivity contribution in [2.45, 2.75) is 25.3 Å². The zero-order valence-corrected chi connectivity index (χ0v) is 13.2. The first-order chi connectivity index (χ1) is 11.3. The van der Waals surface area contributed by atoms with Gasteiger partial charge in [-0.25, -0.2) is 0 Å². The summed E-state index contributed by atoms with van der Waals surface area (Å²) in [4.78, 5) is 26.1. The Labute approximate surface area is 136 Å². The van der Waals surface area contributed by atoms with Gasteiger partial charge in [-0.05, 0) is 24.5 Å². The minimum Gasteiger partial charge on any atom is -0.378 e. The summed E-state index contributed by atoms with van der Waals surface area (Å²) < 4.78 is 5.26. The van der Waals surface area contributed by atoms with E-state index < -0.39 is 0 Å². The Bertz CT molecular complexity index is 570. The van der Waals surface area contributed by atoms with Crippen LogP contribution in [0.3, 0.4) is 0 Å². The number of amides is 2. The van der Waals surface area contributed by atoms with E-state index in [1.165, 1.54) is 5.56 Å². The molecular formula is C17H23N3O3. The average Bonchev–Trinajstić information content (AvgIpc) is 3.03. The van der Waals surface area contributed by atoms with E-state index in [1.807, 2.05) is 23.1 Å². The molecule has 2 aliphatic heterocycles. The van der Waals surface area contributed by atoms with E-state index in [2.05, 4.69) is 16.7 Å². The van der Waals surface area contributed by atoms with Crippen LogP contribution in [0.5, 0.6) is 0 Å². The number of hydrogen-bond acceptors (Lipinski definition) is 4. The Kier molecular flexibility index (Phi) is 5.25. The van der Waals surface area contributed by atoms with Crippen molar-refractivity contribution >= 4 is 17.5 Å². The number of rotatable bonds is 5. The summed E-state index contributed by atoms with van der Waals surface area (Å²) >= 11 is 0. The van der Waals surface area contributed by atoms with Crippen molar-refractivity contribution < 1.29 is 14.3 Å². The highest BCUT2D eigenvalue weighted by molar-refractivity contribution is 5.95. The van der Waals surface area contributed by atoms with Crippen LogP contribution in [-0.2, 0) is 20.7 Å². The fourth-order valence-corrected chi connectivity index (χ4v) is 3.04. The van der Waals surface area contributed by atoms with E-state index in [0.717, 1.165) is 18.7 Å². The molecule has 2 N–H and O–H groups in total. The molecule has 2 heterocycles. The highest BCUT2D eigenvalue weighted by atomic mass is 16.5. The van der Waals surface area contributed by atoms with Crippen LogP contribution in [0.15, 0.2) is 24.3 Å². The van der Waals surface area contributed by atoms with E-state index in [-0.39, 0.29) is 17.9 Å². The third-order valence-corrected chi connectivity index (χ3v) is 4.29. The summed E-state index contributed by atoms with van der Waals surface area (Å²) in [5.41, 5.74) is 2.27. The first-order valence-electron chi connectivity index (χ1n) is 8.23. The third-order valence-electron chi connectivity index (χ3n) is 4.29. The molecule has 23 heavy (non-hydrogen) atoms. The molecule has 2 aliphatic rings. The van der Waals surface area contributed by atoms with Gasteiger partial charge in [0.15, 0.2) is 0 Å². The molecule has 0 bridgehead atoms. The lowest BCUT2D eigenvalue weighted by molar-refractivity contribution is -0.126. The van der Waals surface area contributed by atoms with Crippen LogP contribution in [0.25, 0.3) is 0 Å². The minimum atomic E-state index is -0.273. The van der Waals surface area contributed by atoms with Gasteiger partial charge in [-0.1, -0.05) is 18.2 Å². The van der Waals surface area contributed by atoms with Gasteiger partial charge in [0.2, 0.25) is 11.8 Å². The van der Waals surface area contributed by atoms with Crippen LogP contribution in [0, 0.1) is 0 Å². The maximum atomic E-state index is 12.3. The van der Waals surface area contributed by atoms with E-state index in [4.69, 9.17) is 4.74 Å². The second kappa shape index (κ2) is 7.57. The predicted octanol–water partition coefficient (Wildman–Crippen LogP) is 0.460. The molecule has 0 spiro atoms. The molecule has 0 aromatic heterocycles. The predicted molar refractivity (Wildman–Crippen MR) is 87.4 cm³/mol. The quantitative estimate of drug-likeness (QED) is 0.774. The van der Waals surface area contributed by atoms with Crippen molar-refractivity contribution in [3.8, 4) is 0 Å². The summed E-state index contributed by atoms with van der Waals surface area (Å²) in [5, 5.41) is 5.98. The molecule has 0 radical (unpaired) electrons. The zero-order valence-electron chi connectivity index (χ0n) is 13.2. The number of carbonyl (C=O) groups is 2. The van der Waals surface area contributed by atoms with Crippen molar-refractivity contribution in [1.29, 1.82) is 0 Å². The lowest BCUT2D eigenvalue weighted by Crippen LogP contribution is -2.51. The van der Waals surface area contributed by atoms with Gasteiger partial charge in [0, 0.05) is 31.7 Å². The Morgan fingerprint density at radius 1 is 1.35 bits per heavy atom. The number of nitrogens with zero attached hydrogens (tertiary/aromatic N) is 1. The van der Waals surface area contributed by atoms with Gasteiger partial charge in [0.25, 0.3) is 0 Å². The van der Waals surface area contributed by atoms with Crippen molar-refractivity contribution in [3.63, 3.8) is 0 Å². The fourth-order valence-electron chi connectivity index (χ4n) is 3.04. The van der Waals surface area contributed by atoms with Gasteiger partial charge in [-0.2, -0.15) is 0 Å². The van der Waals surface area contributed by atoms with Gasteiger partial charge in [0.1, 0.15) is 6.04 Å². The minimum absolute atomic E-state index is 0.0522. The van der Waals surface area contributed by atoms with Gasteiger partial charge in [0.05, 0.1) is 13.2 Å². The normalized spacial score (nSPS) is 20.2. The molecule has 2 amide bonds. The van der Waals surface area contributed by atoms with Gasteiger partial charge >= 0.3 is 0 Å². The molecule has 0 saturated carbocycles. The second-order valence-corrected chi connectivity index (χ2v) is 5.90. The first kappa shape index (κ1) is 16.0. The number of morpholine rings is 1.